The molecule has 0 atom stereocenters. The van der Waals surface area contributed by atoms with Crippen LogP contribution in [0, 0.1) is 6.92 Å². The van der Waals surface area contributed by atoms with E-state index in [1.807, 2.05) is 0 Å². The first kappa shape index (κ1) is 17.8. The second-order valence-corrected chi connectivity index (χ2v) is 6.72. The Morgan fingerprint density at radius 2 is 1.79 bits per heavy atom. The van der Waals surface area contributed by atoms with E-state index >= 15 is 0 Å². The van der Waals surface area contributed by atoms with Crippen LogP contribution in [0.3, 0.4) is 0 Å². The van der Waals surface area contributed by atoms with Gasteiger partial charge in [-0.1, -0.05) is 0 Å². The summed E-state index contributed by atoms with van der Waals surface area (Å²) < 4.78 is 37.3. The Hall–Kier alpha value is -2.54. The molecule has 0 bridgehead atoms. The number of sulfonamides is 1. The number of methoxy groups -OCH3 is 1. The summed E-state index contributed by atoms with van der Waals surface area (Å²) in [6.45, 7) is 3.77. The highest BCUT2D eigenvalue weighted by molar-refractivity contribution is 7.92. The molecule has 0 saturated carbocycles. The minimum atomic E-state index is -3.73. The highest BCUT2D eigenvalue weighted by Crippen LogP contribution is 2.23. The van der Waals surface area contributed by atoms with Crippen molar-refractivity contribution in [2.75, 3.05) is 18.4 Å². The van der Waals surface area contributed by atoms with Crippen LogP contribution in [0.2, 0.25) is 0 Å². The zero-order chi connectivity index (χ0) is 17.7. The maximum absolute atomic E-state index is 12.4. The van der Waals surface area contributed by atoms with Crippen LogP contribution in [0.5, 0.6) is 5.75 Å². The molecule has 0 radical (unpaired) electrons. The van der Waals surface area contributed by atoms with E-state index in [2.05, 4.69) is 4.72 Å². The third kappa shape index (κ3) is 4.05. The largest absolute Gasteiger partial charge is 0.496 e. The van der Waals surface area contributed by atoms with Crippen molar-refractivity contribution in [3.8, 4) is 5.75 Å². The lowest BCUT2D eigenvalue weighted by molar-refractivity contribution is 0.0526. The normalized spacial score (nSPS) is 11.0. The van der Waals surface area contributed by atoms with E-state index in [1.54, 1.807) is 19.9 Å². The summed E-state index contributed by atoms with van der Waals surface area (Å²) in [7, 11) is -2.20. The molecule has 0 heterocycles. The van der Waals surface area contributed by atoms with E-state index in [0.717, 1.165) is 5.56 Å². The molecule has 0 fully saturated rings. The number of hydrogen-bond acceptors (Lipinski definition) is 5. The Bertz CT molecular complexity index is 829. The summed E-state index contributed by atoms with van der Waals surface area (Å²) in [6, 6.07) is 10.7. The van der Waals surface area contributed by atoms with Crippen molar-refractivity contribution in [2.24, 2.45) is 0 Å². The number of carbonyl (C=O) groups excluding carboxylic acids is 1. The lowest BCUT2D eigenvalue weighted by Gasteiger charge is -2.11. The van der Waals surface area contributed by atoms with Gasteiger partial charge < -0.3 is 9.47 Å². The predicted molar refractivity (Wildman–Crippen MR) is 90.9 cm³/mol. The Kier molecular flexibility index (Phi) is 5.46. The van der Waals surface area contributed by atoms with Gasteiger partial charge in [-0.2, -0.15) is 0 Å². The van der Waals surface area contributed by atoms with Crippen LogP contribution in [0.1, 0.15) is 22.8 Å². The molecule has 24 heavy (non-hydrogen) atoms. The molecule has 7 heteroatoms. The molecule has 0 aromatic heterocycles. The Balaban J connectivity index is 2.20. The number of esters is 1. The summed E-state index contributed by atoms with van der Waals surface area (Å²) in [6.07, 6.45) is 0. The zero-order valence-corrected chi connectivity index (χ0v) is 14.5. The van der Waals surface area contributed by atoms with Crippen molar-refractivity contribution >= 4 is 21.7 Å². The summed E-state index contributed by atoms with van der Waals surface area (Å²) in [5.74, 6) is 0.172. The first-order valence-electron chi connectivity index (χ1n) is 7.32. The minimum Gasteiger partial charge on any atom is -0.496 e. The molecule has 0 amide bonds. The number of nitrogens with one attached hydrogen (secondary N) is 1. The number of anilines is 1. The Morgan fingerprint density at radius 3 is 2.33 bits per heavy atom. The second-order valence-electron chi connectivity index (χ2n) is 5.03. The van der Waals surface area contributed by atoms with Gasteiger partial charge in [-0.3, -0.25) is 4.72 Å². The molecule has 2 aromatic rings. The summed E-state index contributed by atoms with van der Waals surface area (Å²) in [4.78, 5) is 11.7. The summed E-state index contributed by atoms with van der Waals surface area (Å²) in [5, 5.41) is 0. The molecule has 6 nitrogen and oxygen atoms in total. The van der Waals surface area contributed by atoms with Crippen LogP contribution in [0.15, 0.2) is 47.4 Å². The van der Waals surface area contributed by atoms with Gasteiger partial charge in [0.05, 0.1) is 24.2 Å². The fraction of sp³-hybridized carbons (Fsp3) is 0.235. The van der Waals surface area contributed by atoms with E-state index in [9.17, 15) is 13.2 Å². The predicted octanol–water partition coefficient (Wildman–Crippen LogP) is 2.98. The number of benzene rings is 2. The van der Waals surface area contributed by atoms with Crippen LogP contribution in [0.4, 0.5) is 5.69 Å². The highest BCUT2D eigenvalue weighted by Gasteiger charge is 2.16. The third-order valence-corrected chi connectivity index (χ3v) is 4.70. The number of ether oxygens (including phenoxy) is 2. The molecule has 2 aromatic carbocycles. The van der Waals surface area contributed by atoms with Crippen molar-refractivity contribution in [1.29, 1.82) is 0 Å². The van der Waals surface area contributed by atoms with Crippen molar-refractivity contribution in [1.82, 2.24) is 0 Å². The van der Waals surface area contributed by atoms with Gasteiger partial charge in [-0.15, -0.1) is 0 Å². The lowest BCUT2D eigenvalue weighted by Crippen LogP contribution is -2.13. The fourth-order valence-corrected chi connectivity index (χ4v) is 3.26. The second kappa shape index (κ2) is 7.35. The van der Waals surface area contributed by atoms with E-state index in [4.69, 9.17) is 9.47 Å². The maximum atomic E-state index is 12.4. The summed E-state index contributed by atoms with van der Waals surface area (Å²) >= 11 is 0. The molecule has 0 unspecified atom stereocenters. The first-order chi connectivity index (χ1) is 11.4. The average Bonchev–Trinajstić information content (AvgIpc) is 2.55. The molecule has 0 aliphatic carbocycles. The summed E-state index contributed by atoms with van der Waals surface area (Å²) in [5.41, 5.74) is 1.44. The van der Waals surface area contributed by atoms with Crippen LogP contribution in [-0.4, -0.2) is 28.1 Å². The molecular weight excluding hydrogens is 330 g/mol. The third-order valence-electron chi connectivity index (χ3n) is 3.32. The maximum Gasteiger partial charge on any atom is 0.338 e. The molecule has 2 rings (SSSR count). The quantitative estimate of drug-likeness (QED) is 0.811. The minimum absolute atomic E-state index is 0.135. The van der Waals surface area contributed by atoms with Crippen LogP contribution >= 0.6 is 0 Å². The van der Waals surface area contributed by atoms with Gasteiger partial charge in [-0.25, -0.2) is 13.2 Å². The molecular formula is C17H19NO5S. The van der Waals surface area contributed by atoms with Gasteiger partial charge in [0.15, 0.2) is 0 Å². The Morgan fingerprint density at radius 1 is 1.12 bits per heavy atom. The highest BCUT2D eigenvalue weighted by atomic mass is 32.2. The number of aryl methyl sites for hydroxylation is 1. The molecule has 0 aliphatic rings. The van der Waals surface area contributed by atoms with E-state index < -0.39 is 16.0 Å². The average molecular weight is 349 g/mol. The van der Waals surface area contributed by atoms with E-state index in [-0.39, 0.29) is 11.5 Å². The van der Waals surface area contributed by atoms with Gasteiger partial charge in [0, 0.05) is 5.69 Å². The smallest absolute Gasteiger partial charge is 0.338 e. The van der Waals surface area contributed by atoms with Crippen LogP contribution < -0.4 is 9.46 Å². The van der Waals surface area contributed by atoms with Gasteiger partial charge in [0.2, 0.25) is 0 Å². The van der Waals surface area contributed by atoms with Crippen molar-refractivity contribution < 1.29 is 22.7 Å². The molecule has 1 N–H and O–H groups in total. The Labute approximate surface area is 141 Å². The van der Waals surface area contributed by atoms with Gasteiger partial charge in [0.1, 0.15) is 5.75 Å². The van der Waals surface area contributed by atoms with Crippen molar-refractivity contribution in [2.45, 2.75) is 18.7 Å². The SMILES string of the molecule is CCOC(=O)c1ccc(NS(=O)(=O)c2ccc(OC)c(C)c2)cc1. The zero-order valence-electron chi connectivity index (χ0n) is 13.7. The number of rotatable bonds is 6. The molecule has 0 aliphatic heterocycles. The fourth-order valence-electron chi connectivity index (χ4n) is 2.12. The van der Waals surface area contributed by atoms with Gasteiger partial charge >= 0.3 is 5.97 Å². The topological polar surface area (TPSA) is 81.7 Å². The van der Waals surface area contributed by atoms with Crippen LogP contribution in [-0.2, 0) is 14.8 Å². The lowest BCUT2D eigenvalue weighted by atomic mass is 10.2. The molecule has 0 spiro atoms. The standard InChI is InChI=1S/C17H19NO5S/c1-4-23-17(19)13-5-7-14(8-6-13)18-24(20,21)15-9-10-16(22-3)12(2)11-15/h5-11,18H,4H2,1-3H3. The molecule has 0 saturated heterocycles. The van der Waals surface area contributed by atoms with Crippen molar-refractivity contribution in [3.63, 3.8) is 0 Å². The number of carbonyl (C=O) groups is 1. The van der Waals surface area contributed by atoms with Gasteiger partial charge in [-0.05, 0) is 61.9 Å². The van der Waals surface area contributed by atoms with Crippen molar-refractivity contribution in [3.05, 3.63) is 53.6 Å². The van der Waals surface area contributed by atoms with Crippen LogP contribution in [0.25, 0.3) is 0 Å². The molecule has 128 valence electrons. The van der Waals surface area contributed by atoms with Gasteiger partial charge in [0.25, 0.3) is 10.0 Å². The first-order valence-corrected chi connectivity index (χ1v) is 8.80. The van der Waals surface area contributed by atoms with E-state index in [1.165, 1.54) is 43.5 Å². The number of hydrogen-bond donors (Lipinski definition) is 1. The monoisotopic (exact) mass is 349 g/mol. The van der Waals surface area contributed by atoms with E-state index in [0.29, 0.717) is 17.0 Å².